The molecule has 5 nitrogen and oxygen atoms in total. The van der Waals surface area contributed by atoms with E-state index in [0.717, 1.165) is 38.5 Å². The monoisotopic (exact) mass is 238 g/mol. The van der Waals surface area contributed by atoms with Crippen molar-refractivity contribution in [3.63, 3.8) is 0 Å². The van der Waals surface area contributed by atoms with E-state index in [1.807, 2.05) is 11.7 Å². The second kappa shape index (κ2) is 5.62. The third kappa shape index (κ3) is 3.52. The summed E-state index contributed by atoms with van der Waals surface area (Å²) in [7, 11) is 4.09. The maximum absolute atomic E-state index is 5.70. The van der Waals surface area contributed by atoms with E-state index in [4.69, 9.17) is 4.74 Å². The number of aryl methyl sites for hydroxylation is 2. The van der Waals surface area contributed by atoms with E-state index >= 15 is 0 Å². The van der Waals surface area contributed by atoms with E-state index in [2.05, 4.69) is 35.5 Å². The van der Waals surface area contributed by atoms with E-state index in [1.165, 1.54) is 5.56 Å². The average molecular weight is 238 g/mol. The summed E-state index contributed by atoms with van der Waals surface area (Å²) in [5, 5.41) is 7.71. The first kappa shape index (κ1) is 12.5. The van der Waals surface area contributed by atoms with Crippen LogP contribution in [0.15, 0.2) is 6.20 Å². The Hall–Kier alpha value is -0.910. The number of hydrogen-bond donors (Lipinski definition) is 1. The number of aromatic nitrogens is 2. The number of nitrogens with one attached hydrogen (secondary N) is 1. The molecule has 0 aromatic carbocycles. The molecule has 1 aliphatic heterocycles. The Morgan fingerprint density at radius 2 is 2.47 bits per heavy atom. The molecule has 0 bridgehead atoms. The van der Waals surface area contributed by atoms with E-state index in [1.54, 1.807) is 0 Å². The van der Waals surface area contributed by atoms with Crippen molar-refractivity contribution in [2.75, 3.05) is 33.3 Å². The van der Waals surface area contributed by atoms with E-state index < -0.39 is 0 Å². The topological polar surface area (TPSA) is 42.3 Å². The first-order valence-electron chi connectivity index (χ1n) is 6.15. The van der Waals surface area contributed by atoms with Crippen molar-refractivity contribution in [1.82, 2.24) is 20.0 Å². The molecule has 0 aliphatic carbocycles. The van der Waals surface area contributed by atoms with Crippen LogP contribution in [0.25, 0.3) is 0 Å². The molecule has 1 N–H and O–H groups in total. The first-order chi connectivity index (χ1) is 8.15. The van der Waals surface area contributed by atoms with Gasteiger partial charge in [-0.1, -0.05) is 0 Å². The highest BCUT2D eigenvalue weighted by Gasteiger charge is 2.16. The maximum atomic E-state index is 5.70. The summed E-state index contributed by atoms with van der Waals surface area (Å²) in [5.41, 5.74) is 2.40. The van der Waals surface area contributed by atoms with Crippen LogP contribution in [0.5, 0.6) is 0 Å². The maximum Gasteiger partial charge on any atom is 0.0826 e. The molecule has 0 spiro atoms. The second-order valence-corrected chi connectivity index (χ2v) is 4.81. The molecule has 0 amide bonds. The molecule has 0 saturated carbocycles. The standard InChI is InChI=1S/C12H22N4O/c1-10-11(8-16(3)14-10)7-15(2)9-12-6-13-4-5-17-12/h8,12-13H,4-7,9H2,1-3H3. The number of rotatable bonds is 4. The zero-order valence-corrected chi connectivity index (χ0v) is 10.9. The Labute approximate surface area is 103 Å². The Bertz CT molecular complexity index is 357. The first-order valence-corrected chi connectivity index (χ1v) is 6.15. The van der Waals surface area contributed by atoms with Gasteiger partial charge >= 0.3 is 0 Å². The molecule has 1 aliphatic rings. The van der Waals surface area contributed by atoms with Gasteiger partial charge in [0.25, 0.3) is 0 Å². The number of hydrogen-bond acceptors (Lipinski definition) is 4. The van der Waals surface area contributed by atoms with Crippen molar-refractivity contribution < 1.29 is 4.74 Å². The van der Waals surface area contributed by atoms with Crippen LogP contribution in [-0.2, 0) is 18.3 Å². The summed E-state index contributed by atoms with van der Waals surface area (Å²) in [4.78, 5) is 2.29. The summed E-state index contributed by atoms with van der Waals surface area (Å²) in [6.45, 7) is 6.70. The van der Waals surface area contributed by atoms with Gasteiger partial charge in [0.15, 0.2) is 0 Å². The summed E-state index contributed by atoms with van der Waals surface area (Å²) in [6, 6.07) is 0. The van der Waals surface area contributed by atoms with Crippen LogP contribution in [0.2, 0.25) is 0 Å². The lowest BCUT2D eigenvalue weighted by atomic mass is 10.2. The van der Waals surface area contributed by atoms with Crippen molar-refractivity contribution in [2.45, 2.75) is 19.6 Å². The van der Waals surface area contributed by atoms with Gasteiger partial charge in [-0.2, -0.15) is 5.10 Å². The molecule has 1 fully saturated rings. The van der Waals surface area contributed by atoms with Crippen LogP contribution in [0, 0.1) is 6.92 Å². The number of likely N-dealkylation sites (N-methyl/N-ethyl adjacent to an activating group) is 1. The van der Waals surface area contributed by atoms with Crippen molar-refractivity contribution in [3.8, 4) is 0 Å². The Kier molecular flexibility index (Phi) is 4.15. The van der Waals surface area contributed by atoms with Gasteiger partial charge in [0.1, 0.15) is 0 Å². The third-order valence-electron chi connectivity index (χ3n) is 3.08. The van der Waals surface area contributed by atoms with Gasteiger partial charge in [-0.05, 0) is 14.0 Å². The van der Waals surface area contributed by atoms with E-state index in [9.17, 15) is 0 Å². The van der Waals surface area contributed by atoms with Crippen molar-refractivity contribution in [1.29, 1.82) is 0 Å². The highest BCUT2D eigenvalue weighted by atomic mass is 16.5. The minimum absolute atomic E-state index is 0.311. The zero-order chi connectivity index (χ0) is 12.3. The molecular weight excluding hydrogens is 216 g/mol. The molecule has 17 heavy (non-hydrogen) atoms. The molecule has 1 atom stereocenters. The molecule has 2 heterocycles. The predicted molar refractivity (Wildman–Crippen MR) is 66.9 cm³/mol. The lowest BCUT2D eigenvalue weighted by Crippen LogP contribution is -2.44. The minimum Gasteiger partial charge on any atom is -0.374 e. The molecule has 1 unspecified atom stereocenters. The van der Waals surface area contributed by atoms with Gasteiger partial charge in [-0.15, -0.1) is 0 Å². The number of ether oxygens (including phenoxy) is 1. The van der Waals surface area contributed by atoms with E-state index in [-0.39, 0.29) is 0 Å². The second-order valence-electron chi connectivity index (χ2n) is 4.81. The van der Waals surface area contributed by atoms with Crippen LogP contribution in [-0.4, -0.2) is 54.1 Å². The Morgan fingerprint density at radius 3 is 3.06 bits per heavy atom. The van der Waals surface area contributed by atoms with Crippen molar-refractivity contribution in [2.24, 2.45) is 7.05 Å². The van der Waals surface area contributed by atoms with E-state index in [0.29, 0.717) is 6.10 Å². The average Bonchev–Trinajstić information content (AvgIpc) is 2.58. The largest absolute Gasteiger partial charge is 0.374 e. The lowest BCUT2D eigenvalue weighted by molar-refractivity contribution is 0.00882. The molecule has 0 radical (unpaired) electrons. The summed E-state index contributed by atoms with van der Waals surface area (Å²) < 4.78 is 7.57. The Balaban J connectivity index is 1.83. The SMILES string of the molecule is Cc1nn(C)cc1CN(C)CC1CNCCO1. The molecular formula is C12H22N4O. The molecule has 5 heteroatoms. The van der Waals surface area contributed by atoms with Crippen molar-refractivity contribution in [3.05, 3.63) is 17.5 Å². The number of nitrogens with zero attached hydrogens (tertiary/aromatic N) is 3. The minimum atomic E-state index is 0.311. The fourth-order valence-electron chi connectivity index (χ4n) is 2.24. The fourth-order valence-corrected chi connectivity index (χ4v) is 2.24. The van der Waals surface area contributed by atoms with Crippen LogP contribution < -0.4 is 5.32 Å². The van der Waals surface area contributed by atoms with Gasteiger partial charge in [0, 0.05) is 45.0 Å². The van der Waals surface area contributed by atoms with Crippen LogP contribution in [0.3, 0.4) is 0 Å². The fraction of sp³-hybridized carbons (Fsp3) is 0.750. The molecule has 96 valence electrons. The van der Waals surface area contributed by atoms with Gasteiger partial charge in [0.05, 0.1) is 18.4 Å². The van der Waals surface area contributed by atoms with Crippen LogP contribution in [0.1, 0.15) is 11.3 Å². The smallest absolute Gasteiger partial charge is 0.0826 e. The Morgan fingerprint density at radius 1 is 1.65 bits per heavy atom. The normalized spacial score (nSPS) is 21.1. The van der Waals surface area contributed by atoms with Gasteiger partial charge in [0.2, 0.25) is 0 Å². The summed E-state index contributed by atoms with van der Waals surface area (Å²) >= 11 is 0. The third-order valence-corrected chi connectivity index (χ3v) is 3.08. The quantitative estimate of drug-likeness (QED) is 0.811. The molecule has 2 rings (SSSR count). The lowest BCUT2D eigenvalue weighted by Gasteiger charge is -2.27. The predicted octanol–water partition coefficient (Wildman–Crippen LogP) is 0.149. The van der Waals surface area contributed by atoms with Crippen molar-refractivity contribution >= 4 is 0 Å². The molecule has 1 aromatic heterocycles. The van der Waals surface area contributed by atoms with Gasteiger partial charge in [-0.25, -0.2) is 0 Å². The molecule has 1 aromatic rings. The van der Waals surface area contributed by atoms with Gasteiger partial charge in [-0.3, -0.25) is 9.58 Å². The number of morpholine rings is 1. The van der Waals surface area contributed by atoms with Crippen LogP contribution >= 0.6 is 0 Å². The highest BCUT2D eigenvalue weighted by molar-refractivity contribution is 5.14. The summed E-state index contributed by atoms with van der Waals surface area (Å²) in [6.07, 6.45) is 2.40. The van der Waals surface area contributed by atoms with Crippen LogP contribution in [0.4, 0.5) is 0 Å². The summed E-state index contributed by atoms with van der Waals surface area (Å²) in [5.74, 6) is 0. The zero-order valence-electron chi connectivity index (χ0n) is 10.9. The van der Waals surface area contributed by atoms with Gasteiger partial charge < -0.3 is 10.1 Å². The highest BCUT2D eigenvalue weighted by Crippen LogP contribution is 2.09. The molecule has 1 saturated heterocycles.